The highest BCUT2D eigenvalue weighted by Crippen LogP contribution is 2.21. The van der Waals surface area contributed by atoms with E-state index in [1.54, 1.807) is 4.90 Å². The number of nitrogens with one attached hydrogen (secondary N) is 1. The minimum atomic E-state index is -1.21. The molecule has 0 bridgehead atoms. The van der Waals surface area contributed by atoms with Crippen molar-refractivity contribution in [3.05, 3.63) is 23.8 Å². The van der Waals surface area contributed by atoms with Crippen LogP contribution in [0, 0.1) is 0 Å². The van der Waals surface area contributed by atoms with Crippen molar-refractivity contribution in [1.29, 1.82) is 0 Å². The third-order valence-corrected chi connectivity index (χ3v) is 2.77. The van der Waals surface area contributed by atoms with Gasteiger partial charge in [0.1, 0.15) is 5.75 Å². The first kappa shape index (κ1) is 13.2. The first-order valence-electron chi connectivity index (χ1n) is 5.78. The number of carboxylic acids is 1. The number of anilines is 1. The van der Waals surface area contributed by atoms with Crippen LogP contribution in [0.15, 0.2) is 18.2 Å². The number of rotatable bonds is 2. The summed E-state index contributed by atoms with van der Waals surface area (Å²) in [6.45, 7) is 1.86. The standard InChI is InChI=1S/C12H14N2O5/c15-8-1-2-10(9(7-8)11(16)17)13-12(18)14-3-5-19-6-4-14/h1-2,7,15H,3-6H2,(H,13,18)(H,16,17). The summed E-state index contributed by atoms with van der Waals surface area (Å²) >= 11 is 0. The monoisotopic (exact) mass is 266 g/mol. The van der Waals surface area contributed by atoms with Crippen molar-refractivity contribution in [1.82, 2.24) is 4.90 Å². The lowest BCUT2D eigenvalue weighted by Crippen LogP contribution is -2.43. The number of benzene rings is 1. The maximum atomic E-state index is 11.9. The van der Waals surface area contributed by atoms with Gasteiger partial charge in [-0.2, -0.15) is 0 Å². The maximum Gasteiger partial charge on any atom is 0.337 e. The molecule has 102 valence electrons. The van der Waals surface area contributed by atoms with E-state index in [2.05, 4.69) is 5.32 Å². The zero-order chi connectivity index (χ0) is 13.8. The van der Waals surface area contributed by atoms with Crippen LogP contribution >= 0.6 is 0 Å². The molecule has 1 aliphatic heterocycles. The number of phenolic OH excluding ortho intramolecular Hbond substituents is 1. The highest BCUT2D eigenvalue weighted by atomic mass is 16.5. The van der Waals surface area contributed by atoms with E-state index >= 15 is 0 Å². The summed E-state index contributed by atoms with van der Waals surface area (Å²) < 4.78 is 5.13. The number of amides is 2. The van der Waals surface area contributed by atoms with E-state index in [4.69, 9.17) is 9.84 Å². The number of nitrogens with zero attached hydrogens (tertiary/aromatic N) is 1. The minimum absolute atomic E-state index is 0.151. The molecule has 1 aromatic carbocycles. The number of aromatic hydroxyl groups is 1. The molecule has 1 aliphatic rings. The van der Waals surface area contributed by atoms with Crippen LogP contribution in [0.1, 0.15) is 10.4 Å². The van der Waals surface area contributed by atoms with E-state index in [-0.39, 0.29) is 23.0 Å². The normalized spacial score (nSPS) is 15.1. The lowest BCUT2D eigenvalue weighted by molar-refractivity contribution is 0.0564. The van der Waals surface area contributed by atoms with Gasteiger partial charge in [-0.3, -0.25) is 0 Å². The second kappa shape index (κ2) is 5.57. The fourth-order valence-electron chi connectivity index (χ4n) is 1.78. The summed E-state index contributed by atoms with van der Waals surface area (Å²) in [5.74, 6) is -1.38. The number of carboxylic acid groups (broad SMARTS) is 1. The molecule has 1 fully saturated rings. The molecule has 2 amide bonds. The highest BCUT2D eigenvalue weighted by Gasteiger charge is 2.19. The smallest absolute Gasteiger partial charge is 0.337 e. The molecule has 0 radical (unpaired) electrons. The van der Waals surface area contributed by atoms with Crippen molar-refractivity contribution in [3.8, 4) is 5.75 Å². The summed E-state index contributed by atoms with van der Waals surface area (Å²) in [5.41, 5.74) is 0.00315. The number of aromatic carboxylic acids is 1. The van der Waals surface area contributed by atoms with E-state index in [1.807, 2.05) is 0 Å². The Hall–Kier alpha value is -2.28. The Kier molecular flexibility index (Phi) is 3.86. The average molecular weight is 266 g/mol. The third-order valence-electron chi connectivity index (χ3n) is 2.77. The van der Waals surface area contributed by atoms with Crippen molar-refractivity contribution in [2.24, 2.45) is 0 Å². The second-order valence-electron chi connectivity index (χ2n) is 4.06. The predicted octanol–water partition coefficient (Wildman–Crippen LogP) is 0.955. The highest BCUT2D eigenvalue weighted by molar-refractivity contribution is 6.00. The van der Waals surface area contributed by atoms with Crippen molar-refractivity contribution in [2.45, 2.75) is 0 Å². The zero-order valence-corrected chi connectivity index (χ0v) is 10.1. The van der Waals surface area contributed by atoms with Crippen LogP contribution in [0.4, 0.5) is 10.5 Å². The molecule has 0 saturated carbocycles. The van der Waals surface area contributed by atoms with Gasteiger partial charge in [-0.25, -0.2) is 9.59 Å². The fraction of sp³-hybridized carbons (Fsp3) is 0.333. The molecule has 1 heterocycles. The molecule has 0 aliphatic carbocycles. The van der Waals surface area contributed by atoms with E-state index in [0.29, 0.717) is 26.3 Å². The largest absolute Gasteiger partial charge is 0.508 e. The van der Waals surface area contributed by atoms with Crippen LogP contribution < -0.4 is 5.32 Å². The second-order valence-corrected chi connectivity index (χ2v) is 4.06. The predicted molar refractivity (Wildman–Crippen MR) is 66.5 cm³/mol. The van der Waals surface area contributed by atoms with Gasteiger partial charge in [-0.05, 0) is 18.2 Å². The molecule has 1 aromatic rings. The average Bonchev–Trinajstić information content (AvgIpc) is 2.41. The van der Waals surface area contributed by atoms with Gasteiger partial charge in [0.2, 0.25) is 0 Å². The van der Waals surface area contributed by atoms with E-state index in [0.717, 1.165) is 6.07 Å². The van der Waals surface area contributed by atoms with Gasteiger partial charge in [0.15, 0.2) is 0 Å². The molecule has 19 heavy (non-hydrogen) atoms. The first-order chi connectivity index (χ1) is 9.08. The molecule has 0 aromatic heterocycles. The SMILES string of the molecule is O=C(O)c1cc(O)ccc1NC(=O)N1CCOCC1. The van der Waals surface area contributed by atoms with Gasteiger partial charge < -0.3 is 25.2 Å². The minimum Gasteiger partial charge on any atom is -0.508 e. The van der Waals surface area contributed by atoms with Crippen LogP contribution in [0.25, 0.3) is 0 Å². The van der Waals surface area contributed by atoms with Gasteiger partial charge in [0.25, 0.3) is 0 Å². The molecule has 2 rings (SSSR count). The number of carbonyl (C=O) groups is 2. The maximum absolute atomic E-state index is 11.9. The Bertz CT molecular complexity index is 497. The van der Waals surface area contributed by atoms with Gasteiger partial charge in [0.05, 0.1) is 24.5 Å². The zero-order valence-electron chi connectivity index (χ0n) is 10.1. The molecule has 0 atom stereocenters. The fourth-order valence-corrected chi connectivity index (χ4v) is 1.78. The Balaban J connectivity index is 2.13. The van der Waals surface area contributed by atoms with Crippen LogP contribution in [-0.4, -0.2) is 53.4 Å². The molecule has 3 N–H and O–H groups in total. The number of phenols is 1. The van der Waals surface area contributed by atoms with Crippen LogP contribution in [0.3, 0.4) is 0 Å². The molecule has 1 saturated heterocycles. The molecular formula is C12H14N2O5. The van der Waals surface area contributed by atoms with Gasteiger partial charge in [0, 0.05) is 13.1 Å². The van der Waals surface area contributed by atoms with Crippen molar-refractivity contribution >= 4 is 17.7 Å². The summed E-state index contributed by atoms with van der Waals surface area (Å²) in [7, 11) is 0. The van der Waals surface area contributed by atoms with Crippen molar-refractivity contribution in [2.75, 3.05) is 31.6 Å². The Morgan fingerprint density at radius 1 is 1.26 bits per heavy atom. The van der Waals surface area contributed by atoms with E-state index in [1.165, 1.54) is 12.1 Å². The molecule has 0 spiro atoms. The third kappa shape index (κ3) is 3.14. The Labute approximate surface area is 109 Å². The van der Waals surface area contributed by atoms with Gasteiger partial charge in [-0.15, -0.1) is 0 Å². The summed E-state index contributed by atoms with van der Waals surface area (Å²) in [6.07, 6.45) is 0. The van der Waals surface area contributed by atoms with E-state index in [9.17, 15) is 14.7 Å². The summed E-state index contributed by atoms with van der Waals surface area (Å²) in [4.78, 5) is 24.5. The first-order valence-corrected chi connectivity index (χ1v) is 5.78. The molecule has 7 nitrogen and oxygen atoms in total. The van der Waals surface area contributed by atoms with Gasteiger partial charge in [-0.1, -0.05) is 0 Å². The van der Waals surface area contributed by atoms with E-state index < -0.39 is 5.97 Å². The topological polar surface area (TPSA) is 99.1 Å². The van der Waals surface area contributed by atoms with Crippen LogP contribution in [0.2, 0.25) is 0 Å². The number of hydrogen-bond acceptors (Lipinski definition) is 4. The van der Waals surface area contributed by atoms with Gasteiger partial charge >= 0.3 is 12.0 Å². The lowest BCUT2D eigenvalue weighted by atomic mass is 10.1. The Morgan fingerprint density at radius 3 is 2.58 bits per heavy atom. The number of morpholine rings is 1. The molecule has 0 unspecified atom stereocenters. The van der Waals surface area contributed by atoms with Crippen molar-refractivity contribution in [3.63, 3.8) is 0 Å². The number of urea groups is 1. The molecular weight excluding hydrogens is 252 g/mol. The summed E-state index contributed by atoms with van der Waals surface area (Å²) in [6, 6.07) is 3.40. The lowest BCUT2D eigenvalue weighted by Gasteiger charge is -2.27. The quantitative estimate of drug-likeness (QED) is 0.692. The Morgan fingerprint density at radius 2 is 1.95 bits per heavy atom. The number of hydrogen-bond donors (Lipinski definition) is 3. The summed E-state index contributed by atoms with van der Waals surface area (Å²) in [5, 5.41) is 20.8. The van der Waals surface area contributed by atoms with Crippen LogP contribution in [0.5, 0.6) is 5.75 Å². The number of ether oxygens (including phenoxy) is 1. The molecule has 7 heteroatoms. The van der Waals surface area contributed by atoms with Crippen molar-refractivity contribution < 1.29 is 24.5 Å². The van der Waals surface area contributed by atoms with Crippen LogP contribution in [-0.2, 0) is 4.74 Å². The number of carbonyl (C=O) groups excluding carboxylic acids is 1.